The maximum absolute atomic E-state index is 11.8. The summed E-state index contributed by atoms with van der Waals surface area (Å²) in [6, 6.07) is 1.59. The van der Waals surface area contributed by atoms with Crippen LogP contribution in [0.3, 0.4) is 0 Å². The fraction of sp³-hybridized carbons (Fsp3) is 0.111. The summed E-state index contributed by atoms with van der Waals surface area (Å²) in [6.45, 7) is 0. The number of carbonyl (C=O) groups is 1. The summed E-state index contributed by atoms with van der Waals surface area (Å²) in [5.41, 5.74) is 0.837. The molecule has 0 amide bonds. The molecule has 0 atom stereocenters. The quantitative estimate of drug-likeness (QED) is 0.712. The zero-order chi connectivity index (χ0) is 10.1. The fourth-order valence-electron chi connectivity index (χ4n) is 1.20. The van der Waals surface area contributed by atoms with Crippen LogP contribution >= 0.6 is 11.6 Å². The van der Waals surface area contributed by atoms with E-state index in [1.54, 1.807) is 13.1 Å². The molecule has 14 heavy (non-hydrogen) atoms. The third-order valence-corrected chi connectivity index (χ3v) is 2.17. The molecule has 4 nitrogen and oxygen atoms in total. The molecule has 0 aromatic carbocycles. The predicted octanol–water partition coefficient (Wildman–Crippen LogP) is 1.90. The van der Waals surface area contributed by atoms with Crippen molar-refractivity contribution in [3.05, 3.63) is 41.1 Å². The third kappa shape index (κ3) is 1.33. The normalized spacial score (nSPS) is 10.4. The molecule has 0 aliphatic rings. The van der Waals surface area contributed by atoms with E-state index in [-0.39, 0.29) is 5.78 Å². The van der Waals surface area contributed by atoms with Crippen molar-refractivity contribution >= 4 is 17.4 Å². The minimum atomic E-state index is -0.191. The van der Waals surface area contributed by atoms with Gasteiger partial charge in [0.1, 0.15) is 12.0 Å². The molecular formula is C9H7ClN2O2. The maximum Gasteiger partial charge on any atom is 0.215 e. The molecule has 0 aliphatic carbocycles. The van der Waals surface area contributed by atoms with Gasteiger partial charge in [-0.05, 0) is 6.07 Å². The van der Waals surface area contributed by atoms with E-state index in [2.05, 4.69) is 5.10 Å². The second-order valence-corrected chi connectivity index (χ2v) is 3.21. The lowest BCUT2D eigenvalue weighted by Gasteiger charge is -1.98. The van der Waals surface area contributed by atoms with Crippen LogP contribution in [0.2, 0.25) is 5.02 Å². The topological polar surface area (TPSA) is 48.0 Å². The van der Waals surface area contributed by atoms with Gasteiger partial charge in [0.05, 0.1) is 23.0 Å². The Labute approximate surface area is 85.1 Å². The lowest BCUT2D eigenvalue weighted by Crippen LogP contribution is -2.07. The van der Waals surface area contributed by atoms with Crippen LogP contribution in [-0.4, -0.2) is 15.6 Å². The highest BCUT2D eigenvalue weighted by molar-refractivity contribution is 6.34. The van der Waals surface area contributed by atoms with Gasteiger partial charge in [-0.1, -0.05) is 11.6 Å². The summed E-state index contributed by atoms with van der Waals surface area (Å²) in [5.74, 6) is -0.191. The van der Waals surface area contributed by atoms with Gasteiger partial charge in [0.2, 0.25) is 5.78 Å². The van der Waals surface area contributed by atoms with E-state index in [1.165, 1.54) is 23.4 Å². The third-order valence-electron chi connectivity index (χ3n) is 1.89. The number of hydrogen-bond donors (Lipinski definition) is 0. The molecule has 2 aromatic rings. The average molecular weight is 211 g/mol. The van der Waals surface area contributed by atoms with Crippen LogP contribution in [-0.2, 0) is 7.05 Å². The van der Waals surface area contributed by atoms with E-state index in [9.17, 15) is 4.79 Å². The standard InChI is InChI=1S/C9H7ClN2O2/c1-12-8(7(10)4-11-12)9(13)6-2-3-14-5-6/h2-5H,1H3. The number of nitrogens with zero attached hydrogens (tertiary/aromatic N) is 2. The van der Waals surface area contributed by atoms with Crippen molar-refractivity contribution in [1.82, 2.24) is 9.78 Å². The molecule has 5 heteroatoms. The Balaban J connectivity index is 2.46. The highest BCUT2D eigenvalue weighted by Crippen LogP contribution is 2.18. The number of ketones is 1. The highest BCUT2D eigenvalue weighted by Gasteiger charge is 2.17. The number of carbonyl (C=O) groups excluding carboxylic acids is 1. The van der Waals surface area contributed by atoms with E-state index < -0.39 is 0 Å². The first-order valence-corrected chi connectivity index (χ1v) is 4.32. The molecule has 0 aliphatic heterocycles. The summed E-state index contributed by atoms with van der Waals surface area (Å²) in [5, 5.41) is 4.23. The average Bonchev–Trinajstić information content (AvgIpc) is 2.75. The second-order valence-electron chi connectivity index (χ2n) is 2.81. The van der Waals surface area contributed by atoms with Gasteiger partial charge < -0.3 is 4.42 Å². The first-order chi connectivity index (χ1) is 6.70. The lowest BCUT2D eigenvalue weighted by atomic mass is 10.2. The van der Waals surface area contributed by atoms with Crippen molar-refractivity contribution < 1.29 is 9.21 Å². The monoisotopic (exact) mass is 210 g/mol. The summed E-state index contributed by atoms with van der Waals surface area (Å²) in [6.07, 6.45) is 4.26. The molecule has 2 rings (SSSR count). The van der Waals surface area contributed by atoms with Crippen LogP contribution < -0.4 is 0 Å². The van der Waals surface area contributed by atoms with Crippen LogP contribution in [0, 0.1) is 0 Å². The number of halogens is 1. The molecule has 2 aromatic heterocycles. The molecular weight excluding hydrogens is 204 g/mol. The zero-order valence-electron chi connectivity index (χ0n) is 7.40. The van der Waals surface area contributed by atoms with Crippen LogP contribution in [0.25, 0.3) is 0 Å². The number of aromatic nitrogens is 2. The maximum atomic E-state index is 11.8. The van der Waals surface area contributed by atoms with Crippen molar-refractivity contribution in [1.29, 1.82) is 0 Å². The van der Waals surface area contributed by atoms with E-state index in [0.717, 1.165) is 0 Å². The first-order valence-electron chi connectivity index (χ1n) is 3.94. The van der Waals surface area contributed by atoms with Gasteiger partial charge in [-0.15, -0.1) is 0 Å². The van der Waals surface area contributed by atoms with Crippen LogP contribution in [0.1, 0.15) is 16.1 Å². The van der Waals surface area contributed by atoms with Crippen LogP contribution in [0.5, 0.6) is 0 Å². The Hall–Kier alpha value is -1.55. The van der Waals surface area contributed by atoms with Gasteiger partial charge in [0.15, 0.2) is 0 Å². The van der Waals surface area contributed by atoms with Gasteiger partial charge in [-0.2, -0.15) is 5.10 Å². The van der Waals surface area contributed by atoms with E-state index in [0.29, 0.717) is 16.3 Å². The van der Waals surface area contributed by atoms with E-state index >= 15 is 0 Å². The number of furan rings is 1. The molecule has 0 unspecified atom stereocenters. The fourth-order valence-corrected chi connectivity index (χ4v) is 1.45. The molecule has 0 saturated heterocycles. The Bertz CT molecular complexity index is 440. The van der Waals surface area contributed by atoms with Crippen molar-refractivity contribution in [3.63, 3.8) is 0 Å². The van der Waals surface area contributed by atoms with Gasteiger partial charge in [-0.25, -0.2) is 0 Å². The number of rotatable bonds is 2. The summed E-state index contributed by atoms with van der Waals surface area (Å²) < 4.78 is 6.26. The first kappa shape index (κ1) is 9.02. The van der Waals surface area contributed by atoms with Crippen molar-refractivity contribution in [2.24, 2.45) is 7.05 Å². The molecule has 72 valence electrons. The van der Waals surface area contributed by atoms with Crippen molar-refractivity contribution in [2.75, 3.05) is 0 Å². The summed E-state index contributed by atoms with van der Waals surface area (Å²) in [7, 11) is 1.67. The molecule has 0 spiro atoms. The number of aryl methyl sites for hydroxylation is 1. The van der Waals surface area contributed by atoms with Gasteiger partial charge in [-0.3, -0.25) is 9.48 Å². The van der Waals surface area contributed by atoms with Gasteiger partial charge in [0, 0.05) is 7.05 Å². The van der Waals surface area contributed by atoms with Crippen LogP contribution in [0.4, 0.5) is 0 Å². The molecule has 0 saturated carbocycles. The molecule has 0 fully saturated rings. The Kier molecular flexibility index (Phi) is 2.13. The van der Waals surface area contributed by atoms with Crippen molar-refractivity contribution in [3.8, 4) is 0 Å². The zero-order valence-corrected chi connectivity index (χ0v) is 8.15. The Morgan fingerprint density at radius 2 is 2.43 bits per heavy atom. The predicted molar refractivity (Wildman–Crippen MR) is 50.4 cm³/mol. The van der Waals surface area contributed by atoms with E-state index in [1.807, 2.05) is 0 Å². The molecule has 2 heterocycles. The Morgan fingerprint density at radius 3 is 2.93 bits per heavy atom. The van der Waals surface area contributed by atoms with Crippen LogP contribution in [0.15, 0.2) is 29.2 Å². The van der Waals surface area contributed by atoms with Gasteiger partial charge in [0.25, 0.3) is 0 Å². The summed E-state index contributed by atoms with van der Waals surface area (Å²) >= 11 is 5.82. The van der Waals surface area contributed by atoms with E-state index in [4.69, 9.17) is 16.0 Å². The number of hydrogen-bond acceptors (Lipinski definition) is 3. The van der Waals surface area contributed by atoms with Crippen molar-refractivity contribution in [2.45, 2.75) is 0 Å². The summed E-state index contributed by atoms with van der Waals surface area (Å²) in [4.78, 5) is 11.8. The lowest BCUT2D eigenvalue weighted by molar-refractivity contribution is 0.103. The highest BCUT2D eigenvalue weighted by atomic mass is 35.5. The molecule has 0 radical (unpaired) electrons. The largest absolute Gasteiger partial charge is 0.472 e. The smallest absolute Gasteiger partial charge is 0.215 e. The minimum absolute atomic E-state index is 0.191. The molecule has 0 N–H and O–H groups in total. The SMILES string of the molecule is Cn1ncc(Cl)c1C(=O)c1ccoc1. The Morgan fingerprint density at radius 1 is 1.64 bits per heavy atom. The van der Waals surface area contributed by atoms with Gasteiger partial charge >= 0.3 is 0 Å². The molecule has 0 bridgehead atoms. The minimum Gasteiger partial charge on any atom is -0.472 e. The second kappa shape index (κ2) is 3.31.